The minimum absolute atomic E-state index is 0.696. The Morgan fingerprint density at radius 3 is 2.57 bits per heavy atom. The maximum absolute atomic E-state index is 5.32. The van der Waals surface area contributed by atoms with E-state index in [9.17, 15) is 0 Å². The van der Waals surface area contributed by atoms with Gasteiger partial charge in [0.1, 0.15) is 0 Å². The zero-order valence-electron chi connectivity index (χ0n) is 7.90. The first-order valence-corrected chi connectivity index (χ1v) is 5.41. The summed E-state index contributed by atoms with van der Waals surface area (Å²) in [5.41, 5.74) is 0. The lowest BCUT2D eigenvalue weighted by atomic mass is 10.2. The molecule has 74 valence electrons. The summed E-state index contributed by atoms with van der Waals surface area (Å²) in [7, 11) is 3.26. The molecule has 2 rings (SSSR count). The lowest BCUT2D eigenvalue weighted by molar-refractivity contribution is 0.352. The first kappa shape index (κ1) is 9.68. The second-order valence-electron chi connectivity index (χ2n) is 2.79. The van der Waals surface area contributed by atoms with Gasteiger partial charge in [0.25, 0.3) is 0 Å². The second kappa shape index (κ2) is 3.71. The van der Waals surface area contributed by atoms with Gasteiger partial charge in [-0.1, -0.05) is 0 Å². The van der Waals surface area contributed by atoms with Crippen molar-refractivity contribution in [1.29, 1.82) is 0 Å². The van der Waals surface area contributed by atoms with Crippen LogP contribution in [0.1, 0.15) is 0 Å². The maximum Gasteiger partial charge on any atom is 0.174 e. The predicted octanol–water partition coefficient (Wildman–Crippen LogP) is 3.21. The Kier molecular flexibility index (Phi) is 2.56. The summed E-state index contributed by atoms with van der Waals surface area (Å²) in [6, 6.07) is 4.01. The molecule has 1 aromatic heterocycles. The molecule has 2 nitrogen and oxygen atoms in total. The van der Waals surface area contributed by atoms with Gasteiger partial charge in [-0.15, -0.1) is 24.0 Å². The van der Waals surface area contributed by atoms with Crippen molar-refractivity contribution in [3.8, 4) is 11.5 Å². The van der Waals surface area contributed by atoms with E-state index in [2.05, 4.69) is 12.6 Å². The highest BCUT2D eigenvalue weighted by Gasteiger charge is 2.13. The van der Waals surface area contributed by atoms with E-state index in [0.29, 0.717) is 5.75 Å². The third-order valence-corrected chi connectivity index (χ3v) is 3.25. The molecule has 0 unspecified atom stereocenters. The van der Waals surface area contributed by atoms with Crippen molar-refractivity contribution in [2.45, 2.75) is 4.90 Å². The van der Waals surface area contributed by atoms with Gasteiger partial charge in [0.15, 0.2) is 11.5 Å². The molecule has 0 saturated heterocycles. The Morgan fingerprint density at radius 2 is 1.93 bits per heavy atom. The molecule has 4 heteroatoms. The quantitative estimate of drug-likeness (QED) is 0.793. The van der Waals surface area contributed by atoms with E-state index in [0.717, 1.165) is 20.7 Å². The van der Waals surface area contributed by atoms with Gasteiger partial charge >= 0.3 is 0 Å². The summed E-state index contributed by atoms with van der Waals surface area (Å²) in [4.78, 5) is 0.805. The average molecular weight is 226 g/mol. The molecule has 0 fully saturated rings. The molecular formula is C10H10O2S2. The Morgan fingerprint density at radius 1 is 1.21 bits per heavy atom. The van der Waals surface area contributed by atoms with Crippen LogP contribution < -0.4 is 9.47 Å². The summed E-state index contributed by atoms with van der Waals surface area (Å²) in [5, 5.41) is 3.10. The Balaban J connectivity index is 2.82. The van der Waals surface area contributed by atoms with Crippen LogP contribution in [0.3, 0.4) is 0 Å². The zero-order chi connectivity index (χ0) is 10.1. The van der Waals surface area contributed by atoms with Crippen molar-refractivity contribution >= 4 is 34.1 Å². The molecule has 0 bridgehead atoms. The van der Waals surface area contributed by atoms with E-state index < -0.39 is 0 Å². The van der Waals surface area contributed by atoms with Crippen LogP contribution in [0.2, 0.25) is 0 Å². The number of methoxy groups -OCH3 is 2. The van der Waals surface area contributed by atoms with Crippen molar-refractivity contribution in [3.63, 3.8) is 0 Å². The molecule has 0 aliphatic rings. The molecule has 0 aliphatic heterocycles. The fourth-order valence-electron chi connectivity index (χ4n) is 1.45. The van der Waals surface area contributed by atoms with Gasteiger partial charge < -0.3 is 9.47 Å². The monoisotopic (exact) mass is 226 g/mol. The van der Waals surface area contributed by atoms with Crippen LogP contribution in [0.25, 0.3) is 10.1 Å². The molecule has 14 heavy (non-hydrogen) atoms. The summed E-state index contributed by atoms with van der Waals surface area (Å²) < 4.78 is 11.7. The van der Waals surface area contributed by atoms with Gasteiger partial charge in [0.2, 0.25) is 0 Å². The summed E-state index contributed by atoms with van der Waals surface area (Å²) >= 11 is 6.02. The molecule has 2 aromatic rings. The van der Waals surface area contributed by atoms with Crippen LogP contribution in [0.5, 0.6) is 11.5 Å². The first-order valence-electron chi connectivity index (χ1n) is 4.09. The number of ether oxygens (including phenoxy) is 2. The lowest BCUT2D eigenvalue weighted by Gasteiger charge is -2.10. The predicted molar refractivity (Wildman–Crippen MR) is 62.2 cm³/mol. The molecule has 1 aromatic carbocycles. The van der Waals surface area contributed by atoms with Gasteiger partial charge in [-0.2, -0.15) is 0 Å². The van der Waals surface area contributed by atoms with Crippen molar-refractivity contribution in [2.24, 2.45) is 0 Å². The minimum atomic E-state index is 0.696. The number of thiophene rings is 1. The van der Waals surface area contributed by atoms with Crippen molar-refractivity contribution in [3.05, 3.63) is 17.5 Å². The van der Waals surface area contributed by atoms with Gasteiger partial charge in [0, 0.05) is 10.1 Å². The van der Waals surface area contributed by atoms with Crippen molar-refractivity contribution in [1.82, 2.24) is 0 Å². The highest BCUT2D eigenvalue weighted by atomic mass is 32.1. The summed E-state index contributed by atoms with van der Waals surface area (Å²) in [5.74, 6) is 1.46. The largest absolute Gasteiger partial charge is 0.492 e. The second-order valence-corrected chi connectivity index (χ2v) is 4.22. The van der Waals surface area contributed by atoms with Gasteiger partial charge in [-0.25, -0.2) is 0 Å². The highest BCUT2D eigenvalue weighted by molar-refractivity contribution is 7.80. The molecule has 0 amide bonds. The molecule has 0 atom stereocenters. The first-order chi connectivity index (χ1) is 6.77. The normalized spacial score (nSPS) is 10.5. The number of rotatable bonds is 2. The molecule has 0 aliphatic carbocycles. The van der Waals surface area contributed by atoms with Crippen LogP contribution in [-0.2, 0) is 0 Å². The number of benzene rings is 1. The topological polar surface area (TPSA) is 18.5 Å². The number of fused-ring (bicyclic) bond motifs is 1. The average Bonchev–Trinajstić information content (AvgIpc) is 2.62. The zero-order valence-corrected chi connectivity index (χ0v) is 9.61. The van der Waals surface area contributed by atoms with Crippen LogP contribution in [0.4, 0.5) is 0 Å². The van der Waals surface area contributed by atoms with E-state index in [1.54, 1.807) is 25.6 Å². The molecule has 0 radical (unpaired) electrons. The minimum Gasteiger partial charge on any atom is -0.492 e. The van der Waals surface area contributed by atoms with Crippen LogP contribution >= 0.6 is 24.0 Å². The van der Waals surface area contributed by atoms with E-state index >= 15 is 0 Å². The SMILES string of the molecule is COc1c(S)cc2sccc2c1OC. The van der Waals surface area contributed by atoms with Crippen LogP contribution in [0.15, 0.2) is 22.4 Å². The third-order valence-electron chi connectivity index (χ3n) is 2.05. The summed E-state index contributed by atoms with van der Waals surface area (Å²) in [6.45, 7) is 0. The lowest BCUT2D eigenvalue weighted by Crippen LogP contribution is -1.91. The number of hydrogen-bond donors (Lipinski definition) is 1. The van der Waals surface area contributed by atoms with E-state index in [1.165, 1.54) is 0 Å². The third kappa shape index (κ3) is 1.35. The highest BCUT2D eigenvalue weighted by Crippen LogP contribution is 2.42. The molecule has 1 heterocycles. The molecule has 0 saturated carbocycles. The molecule has 0 spiro atoms. The van der Waals surface area contributed by atoms with E-state index in [4.69, 9.17) is 9.47 Å². The summed E-state index contributed by atoms with van der Waals surface area (Å²) in [6.07, 6.45) is 0. The number of hydrogen-bond acceptors (Lipinski definition) is 4. The Labute approximate surface area is 91.9 Å². The fraction of sp³-hybridized carbons (Fsp3) is 0.200. The standard InChI is InChI=1S/C10H10O2S2/c1-11-9-6-3-4-14-8(6)5-7(13)10(9)12-2/h3-5,13H,1-2H3. The van der Waals surface area contributed by atoms with Crippen molar-refractivity contribution < 1.29 is 9.47 Å². The van der Waals surface area contributed by atoms with E-state index in [-0.39, 0.29) is 0 Å². The van der Waals surface area contributed by atoms with Gasteiger partial charge in [0.05, 0.1) is 19.1 Å². The van der Waals surface area contributed by atoms with E-state index in [1.807, 2.05) is 17.5 Å². The molecular weight excluding hydrogens is 216 g/mol. The number of thiol groups is 1. The van der Waals surface area contributed by atoms with Gasteiger partial charge in [-0.3, -0.25) is 0 Å². The maximum atomic E-state index is 5.32. The van der Waals surface area contributed by atoms with Crippen LogP contribution in [-0.4, -0.2) is 14.2 Å². The Hall–Kier alpha value is -0.870. The molecule has 0 N–H and O–H groups in total. The van der Waals surface area contributed by atoms with Crippen LogP contribution in [0, 0.1) is 0 Å². The Bertz CT molecular complexity index is 462. The van der Waals surface area contributed by atoms with Crippen molar-refractivity contribution in [2.75, 3.05) is 14.2 Å². The fourth-order valence-corrected chi connectivity index (χ4v) is 2.68. The smallest absolute Gasteiger partial charge is 0.174 e. The van der Waals surface area contributed by atoms with Gasteiger partial charge in [-0.05, 0) is 17.5 Å².